The lowest BCUT2D eigenvalue weighted by molar-refractivity contribution is -0.140. The first-order valence-corrected chi connectivity index (χ1v) is 9.12. The summed E-state index contributed by atoms with van der Waals surface area (Å²) >= 11 is 1.56. The van der Waals surface area contributed by atoms with Crippen LogP contribution in [-0.4, -0.2) is 20.5 Å². The van der Waals surface area contributed by atoms with E-state index >= 15 is 0 Å². The van der Waals surface area contributed by atoms with Crippen molar-refractivity contribution in [2.45, 2.75) is 45.4 Å². The molecule has 0 atom stereocenters. The number of fused-ring (bicyclic) bond motifs is 1. The number of carbonyl (C=O) groups is 1. The number of thiazole rings is 1. The fraction of sp³-hybridized carbons (Fsp3) is 0.688. The summed E-state index contributed by atoms with van der Waals surface area (Å²) in [6.45, 7) is 2.00. The van der Waals surface area contributed by atoms with Gasteiger partial charge in [-0.2, -0.15) is 4.98 Å². The van der Waals surface area contributed by atoms with E-state index in [0.717, 1.165) is 47.7 Å². The van der Waals surface area contributed by atoms with Gasteiger partial charge in [-0.05, 0) is 63.2 Å². The van der Waals surface area contributed by atoms with Crippen LogP contribution in [0.15, 0.2) is 5.38 Å². The number of aromatic nitrogens is 3. The highest BCUT2D eigenvalue weighted by Gasteiger charge is 2.54. The van der Waals surface area contributed by atoms with Crippen molar-refractivity contribution < 1.29 is 4.79 Å². The van der Waals surface area contributed by atoms with Crippen molar-refractivity contribution in [3.63, 3.8) is 0 Å². The Labute approximate surface area is 133 Å². The molecule has 1 amide bonds. The van der Waals surface area contributed by atoms with E-state index in [1.165, 1.54) is 19.3 Å². The maximum Gasteiger partial charge on any atom is 0.250 e. The molecule has 6 heteroatoms. The lowest BCUT2D eigenvalue weighted by Crippen LogP contribution is -2.51. The van der Waals surface area contributed by atoms with Gasteiger partial charge in [-0.3, -0.25) is 10.1 Å². The number of rotatable bonds is 2. The standard InChI is InChI=1S/C16H20N4OS/c1-9-8-22-15-18-14(19-20(9)15)17-13(21)16-5-10-2-11(6-16)4-12(3-10)7-16/h8,10-12H,2-7H2,1H3,(H,17,19,21). The van der Waals surface area contributed by atoms with Gasteiger partial charge in [0.25, 0.3) is 0 Å². The second kappa shape index (κ2) is 4.31. The highest BCUT2D eigenvalue weighted by atomic mass is 32.1. The molecule has 2 heterocycles. The van der Waals surface area contributed by atoms with Crippen LogP contribution in [0.1, 0.15) is 44.2 Å². The molecule has 2 aromatic heterocycles. The van der Waals surface area contributed by atoms with Crippen LogP contribution in [0.4, 0.5) is 5.95 Å². The number of hydrogen-bond acceptors (Lipinski definition) is 4. The first-order chi connectivity index (χ1) is 10.6. The highest BCUT2D eigenvalue weighted by Crippen LogP contribution is 2.60. The van der Waals surface area contributed by atoms with E-state index in [1.807, 2.05) is 12.3 Å². The molecule has 1 N–H and O–H groups in total. The largest absolute Gasteiger partial charge is 0.293 e. The zero-order chi connectivity index (χ0) is 14.9. The number of hydrogen-bond donors (Lipinski definition) is 1. The maximum atomic E-state index is 13.0. The third kappa shape index (κ3) is 1.79. The van der Waals surface area contributed by atoms with Crippen molar-refractivity contribution in [1.29, 1.82) is 0 Å². The number of nitrogens with zero attached hydrogens (tertiary/aromatic N) is 3. The average molecular weight is 316 g/mol. The van der Waals surface area contributed by atoms with Crippen LogP contribution in [0.5, 0.6) is 0 Å². The molecule has 0 radical (unpaired) electrons. The minimum atomic E-state index is -0.136. The number of nitrogens with one attached hydrogen (secondary N) is 1. The maximum absolute atomic E-state index is 13.0. The topological polar surface area (TPSA) is 59.3 Å². The molecule has 0 spiro atoms. The van der Waals surface area contributed by atoms with Crippen molar-refractivity contribution in [1.82, 2.24) is 14.6 Å². The van der Waals surface area contributed by atoms with Crippen LogP contribution in [0.3, 0.4) is 0 Å². The SMILES string of the molecule is Cc1csc2nc(NC(=O)C34CC5CC(CC(C5)C3)C4)nn12. The van der Waals surface area contributed by atoms with Crippen molar-refractivity contribution >= 4 is 28.2 Å². The zero-order valence-electron chi connectivity index (χ0n) is 12.7. The monoisotopic (exact) mass is 316 g/mol. The van der Waals surface area contributed by atoms with Gasteiger partial charge >= 0.3 is 0 Å². The summed E-state index contributed by atoms with van der Waals surface area (Å²) < 4.78 is 1.81. The second-order valence-corrected chi connectivity index (χ2v) is 8.50. The predicted molar refractivity (Wildman–Crippen MR) is 84.8 cm³/mol. The smallest absolute Gasteiger partial charge is 0.250 e. The van der Waals surface area contributed by atoms with Gasteiger partial charge < -0.3 is 0 Å². The van der Waals surface area contributed by atoms with Crippen molar-refractivity contribution in [3.05, 3.63) is 11.1 Å². The fourth-order valence-corrected chi connectivity index (χ4v) is 6.27. The molecule has 22 heavy (non-hydrogen) atoms. The van der Waals surface area contributed by atoms with E-state index in [2.05, 4.69) is 15.4 Å². The second-order valence-electron chi connectivity index (χ2n) is 7.66. The lowest BCUT2D eigenvalue weighted by Gasteiger charge is -2.55. The Morgan fingerprint density at radius 2 is 1.91 bits per heavy atom. The van der Waals surface area contributed by atoms with Gasteiger partial charge in [0.1, 0.15) is 0 Å². The number of aryl methyl sites for hydroxylation is 1. The van der Waals surface area contributed by atoms with Gasteiger partial charge in [0, 0.05) is 5.38 Å². The van der Waals surface area contributed by atoms with Crippen molar-refractivity contribution in [3.8, 4) is 0 Å². The van der Waals surface area contributed by atoms with Gasteiger partial charge in [-0.15, -0.1) is 16.4 Å². The van der Waals surface area contributed by atoms with Crippen LogP contribution >= 0.6 is 11.3 Å². The van der Waals surface area contributed by atoms with Crippen molar-refractivity contribution in [2.75, 3.05) is 5.32 Å². The molecule has 4 bridgehead atoms. The lowest BCUT2D eigenvalue weighted by atomic mass is 9.49. The zero-order valence-corrected chi connectivity index (χ0v) is 13.5. The van der Waals surface area contributed by atoms with E-state index in [1.54, 1.807) is 15.9 Å². The molecule has 0 aromatic carbocycles. The van der Waals surface area contributed by atoms with Crippen LogP contribution in [0.25, 0.3) is 4.96 Å². The molecule has 0 saturated heterocycles. The summed E-state index contributed by atoms with van der Waals surface area (Å²) in [6, 6.07) is 0. The molecular weight excluding hydrogens is 296 g/mol. The number of amides is 1. The van der Waals surface area contributed by atoms with Gasteiger partial charge in [-0.25, -0.2) is 4.52 Å². The Morgan fingerprint density at radius 3 is 2.50 bits per heavy atom. The average Bonchev–Trinajstić information content (AvgIpc) is 2.99. The van der Waals surface area contributed by atoms with Crippen LogP contribution in [0.2, 0.25) is 0 Å². The quantitative estimate of drug-likeness (QED) is 0.925. The molecule has 116 valence electrons. The predicted octanol–water partition coefficient (Wildman–Crippen LogP) is 3.25. The van der Waals surface area contributed by atoms with Crippen molar-refractivity contribution in [2.24, 2.45) is 23.2 Å². The molecule has 5 nitrogen and oxygen atoms in total. The molecule has 0 aliphatic heterocycles. The Kier molecular flexibility index (Phi) is 2.56. The normalized spacial score (nSPS) is 36.1. The molecule has 4 saturated carbocycles. The summed E-state index contributed by atoms with van der Waals surface area (Å²) in [7, 11) is 0. The highest BCUT2D eigenvalue weighted by molar-refractivity contribution is 7.15. The minimum Gasteiger partial charge on any atom is -0.293 e. The van der Waals surface area contributed by atoms with Crippen LogP contribution < -0.4 is 5.32 Å². The Bertz CT molecular complexity index is 726. The van der Waals surface area contributed by atoms with E-state index in [9.17, 15) is 4.79 Å². The third-order valence-electron chi connectivity index (χ3n) is 5.99. The van der Waals surface area contributed by atoms with Gasteiger partial charge in [0.05, 0.1) is 11.1 Å². The molecule has 4 aliphatic rings. The first-order valence-electron chi connectivity index (χ1n) is 8.24. The van der Waals surface area contributed by atoms with E-state index in [4.69, 9.17) is 0 Å². The van der Waals surface area contributed by atoms with Gasteiger partial charge in [-0.1, -0.05) is 0 Å². The minimum absolute atomic E-state index is 0.136. The van der Waals surface area contributed by atoms with Crippen LogP contribution in [-0.2, 0) is 4.79 Å². The molecule has 6 rings (SSSR count). The Balaban J connectivity index is 1.42. The van der Waals surface area contributed by atoms with E-state index in [-0.39, 0.29) is 11.3 Å². The molecule has 0 unspecified atom stereocenters. The summed E-state index contributed by atoms with van der Waals surface area (Å²) in [4.78, 5) is 18.2. The fourth-order valence-electron chi connectivity index (χ4n) is 5.47. The first kappa shape index (κ1) is 13.0. The molecule has 2 aromatic rings. The Morgan fingerprint density at radius 1 is 1.27 bits per heavy atom. The number of anilines is 1. The van der Waals surface area contributed by atoms with E-state index in [0.29, 0.717) is 5.95 Å². The summed E-state index contributed by atoms with van der Waals surface area (Å²) in [5.41, 5.74) is 0.922. The summed E-state index contributed by atoms with van der Waals surface area (Å²) in [5, 5.41) is 9.48. The molecular formula is C16H20N4OS. The third-order valence-corrected chi connectivity index (χ3v) is 6.93. The Hall–Kier alpha value is -1.43. The van der Waals surface area contributed by atoms with E-state index < -0.39 is 0 Å². The number of carbonyl (C=O) groups excluding carboxylic acids is 1. The summed E-state index contributed by atoms with van der Waals surface area (Å²) in [6.07, 6.45) is 7.28. The summed E-state index contributed by atoms with van der Waals surface area (Å²) in [5.74, 6) is 2.96. The van der Waals surface area contributed by atoms with Gasteiger partial charge in [0.2, 0.25) is 16.8 Å². The van der Waals surface area contributed by atoms with Gasteiger partial charge in [0.15, 0.2) is 0 Å². The molecule has 4 fully saturated rings. The molecule has 4 aliphatic carbocycles. The van der Waals surface area contributed by atoms with Crippen LogP contribution in [0, 0.1) is 30.1 Å².